The molecule has 0 bridgehead atoms. The van der Waals surface area contributed by atoms with Crippen LogP contribution in [0.1, 0.15) is 0 Å². The third-order valence-electron chi connectivity index (χ3n) is 1.39. The molecule has 0 fully saturated rings. The van der Waals surface area contributed by atoms with Crippen LogP contribution in [0.4, 0.5) is 22.0 Å². The van der Waals surface area contributed by atoms with Gasteiger partial charge >= 0.3 is 12.4 Å². The SMILES string of the molecule is O=C(Oc1ccc(F)c(F)c1F)C(F)F. The van der Waals surface area contributed by atoms with Gasteiger partial charge in [-0.1, -0.05) is 0 Å². The van der Waals surface area contributed by atoms with E-state index in [0.717, 1.165) is 0 Å². The Bertz CT molecular complexity index is 391. The number of hydrogen-bond acceptors (Lipinski definition) is 2. The van der Waals surface area contributed by atoms with Gasteiger partial charge in [0.1, 0.15) is 0 Å². The summed E-state index contributed by atoms with van der Waals surface area (Å²) >= 11 is 0. The fourth-order valence-corrected chi connectivity index (χ4v) is 0.740. The molecule has 1 aromatic rings. The molecule has 2 nitrogen and oxygen atoms in total. The van der Waals surface area contributed by atoms with E-state index in [1.54, 1.807) is 0 Å². The Morgan fingerprint density at radius 2 is 1.73 bits per heavy atom. The molecule has 0 aliphatic rings. The summed E-state index contributed by atoms with van der Waals surface area (Å²) in [5.41, 5.74) is 0. The van der Waals surface area contributed by atoms with Crippen molar-refractivity contribution < 1.29 is 31.5 Å². The van der Waals surface area contributed by atoms with Gasteiger partial charge in [0, 0.05) is 0 Å². The molecule has 0 N–H and O–H groups in total. The van der Waals surface area contributed by atoms with Crippen molar-refractivity contribution >= 4 is 5.97 Å². The van der Waals surface area contributed by atoms with E-state index in [9.17, 15) is 26.7 Å². The maximum Gasteiger partial charge on any atom is 0.379 e. The lowest BCUT2D eigenvalue weighted by Crippen LogP contribution is -2.18. The Morgan fingerprint density at radius 3 is 2.27 bits per heavy atom. The number of carbonyl (C=O) groups excluding carboxylic acids is 1. The van der Waals surface area contributed by atoms with Crippen LogP contribution in [-0.2, 0) is 4.79 Å². The maximum atomic E-state index is 12.7. The highest BCUT2D eigenvalue weighted by atomic mass is 19.3. The summed E-state index contributed by atoms with van der Waals surface area (Å²) in [4.78, 5) is 10.3. The van der Waals surface area contributed by atoms with Crippen LogP contribution in [0.5, 0.6) is 5.75 Å². The van der Waals surface area contributed by atoms with Crippen LogP contribution >= 0.6 is 0 Å². The molecule has 0 saturated heterocycles. The molecule has 0 radical (unpaired) electrons. The van der Waals surface area contributed by atoms with E-state index in [2.05, 4.69) is 4.74 Å². The Labute approximate surface area is 80.3 Å². The predicted molar refractivity (Wildman–Crippen MR) is 38.0 cm³/mol. The van der Waals surface area contributed by atoms with E-state index >= 15 is 0 Å². The van der Waals surface area contributed by atoms with Gasteiger partial charge in [0.15, 0.2) is 17.4 Å². The van der Waals surface area contributed by atoms with Crippen LogP contribution in [0.15, 0.2) is 12.1 Å². The minimum absolute atomic E-state index is 0.451. The molecular weight excluding hydrogens is 223 g/mol. The molecule has 0 heterocycles. The first-order valence-electron chi connectivity index (χ1n) is 3.57. The first kappa shape index (κ1) is 11.4. The first-order chi connectivity index (χ1) is 6.93. The zero-order valence-electron chi connectivity index (χ0n) is 6.94. The van der Waals surface area contributed by atoms with Crippen molar-refractivity contribution in [1.82, 2.24) is 0 Å². The molecule has 0 aliphatic heterocycles. The Balaban J connectivity index is 2.97. The Hall–Kier alpha value is -1.66. The fourth-order valence-electron chi connectivity index (χ4n) is 0.740. The zero-order chi connectivity index (χ0) is 11.6. The van der Waals surface area contributed by atoms with Crippen LogP contribution < -0.4 is 4.74 Å². The largest absolute Gasteiger partial charge is 0.419 e. The summed E-state index contributed by atoms with van der Waals surface area (Å²) in [5, 5.41) is 0. The Kier molecular flexibility index (Phi) is 3.23. The zero-order valence-corrected chi connectivity index (χ0v) is 6.94. The smallest absolute Gasteiger partial charge is 0.379 e. The maximum absolute atomic E-state index is 12.7. The van der Waals surface area contributed by atoms with Gasteiger partial charge in [-0.25, -0.2) is 13.6 Å². The summed E-state index contributed by atoms with van der Waals surface area (Å²) in [6, 6.07) is 0.987. The highest BCUT2D eigenvalue weighted by Gasteiger charge is 2.22. The van der Waals surface area contributed by atoms with Gasteiger partial charge in [0.05, 0.1) is 0 Å². The third-order valence-corrected chi connectivity index (χ3v) is 1.39. The van der Waals surface area contributed by atoms with Crippen LogP contribution in [0.25, 0.3) is 0 Å². The summed E-state index contributed by atoms with van der Waals surface area (Å²) in [6.45, 7) is 0. The second-order valence-corrected chi connectivity index (χ2v) is 2.40. The molecule has 0 unspecified atom stereocenters. The van der Waals surface area contributed by atoms with E-state index in [-0.39, 0.29) is 0 Å². The lowest BCUT2D eigenvalue weighted by Gasteiger charge is -2.05. The average molecular weight is 226 g/mol. The van der Waals surface area contributed by atoms with Crippen molar-refractivity contribution in [2.75, 3.05) is 0 Å². The molecule has 1 aromatic carbocycles. The van der Waals surface area contributed by atoms with Gasteiger partial charge in [0.25, 0.3) is 0 Å². The van der Waals surface area contributed by atoms with Gasteiger partial charge in [-0.15, -0.1) is 0 Å². The van der Waals surface area contributed by atoms with Gasteiger partial charge in [0.2, 0.25) is 5.82 Å². The summed E-state index contributed by atoms with van der Waals surface area (Å²) in [6.07, 6.45) is -3.47. The fraction of sp³-hybridized carbons (Fsp3) is 0.125. The second-order valence-electron chi connectivity index (χ2n) is 2.40. The van der Waals surface area contributed by atoms with Gasteiger partial charge in [-0.05, 0) is 12.1 Å². The molecule has 82 valence electrons. The molecule has 15 heavy (non-hydrogen) atoms. The topological polar surface area (TPSA) is 26.3 Å². The molecule has 7 heteroatoms. The van der Waals surface area contributed by atoms with Gasteiger partial charge in [-0.2, -0.15) is 13.2 Å². The number of esters is 1. The standard InChI is InChI=1S/C8H3F5O2/c9-3-1-2-4(6(11)5(3)10)15-8(14)7(12)13/h1-2,7H. The van der Waals surface area contributed by atoms with Gasteiger partial charge < -0.3 is 4.74 Å². The van der Waals surface area contributed by atoms with Crippen molar-refractivity contribution in [2.45, 2.75) is 6.43 Å². The molecular formula is C8H3F5O2. The van der Waals surface area contributed by atoms with E-state index in [4.69, 9.17) is 0 Å². The van der Waals surface area contributed by atoms with Crippen molar-refractivity contribution in [3.8, 4) is 5.75 Å². The lowest BCUT2D eigenvalue weighted by molar-refractivity contribution is -0.146. The van der Waals surface area contributed by atoms with E-state index < -0.39 is 35.6 Å². The number of hydrogen-bond donors (Lipinski definition) is 0. The minimum Gasteiger partial charge on any atom is -0.419 e. The van der Waals surface area contributed by atoms with Crippen molar-refractivity contribution in [1.29, 1.82) is 0 Å². The first-order valence-corrected chi connectivity index (χ1v) is 3.57. The van der Waals surface area contributed by atoms with Crippen LogP contribution in [0.3, 0.4) is 0 Å². The number of ether oxygens (including phenoxy) is 1. The van der Waals surface area contributed by atoms with E-state index in [1.807, 2.05) is 0 Å². The van der Waals surface area contributed by atoms with E-state index in [1.165, 1.54) is 0 Å². The second kappa shape index (κ2) is 4.24. The molecule has 0 atom stereocenters. The average Bonchev–Trinajstić information content (AvgIpc) is 2.18. The number of alkyl halides is 2. The quantitative estimate of drug-likeness (QED) is 0.334. The van der Waals surface area contributed by atoms with Crippen LogP contribution in [0.2, 0.25) is 0 Å². The van der Waals surface area contributed by atoms with Crippen LogP contribution in [0, 0.1) is 17.5 Å². The molecule has 0 amide bonds. The predicted octanol–water partition coefficient (Wildman–Crippen LogP) is 2.27. The Morgan fingerprint density at radius 1 is 1.13 bits per heavy atom. The van der Waals surface area contributed by atoms with E-state index in [0.29, 0.717) is 12.1 Å². The molecule has 0 spiro atoms. The normalized spacial score (nSPS) is 10.5. The third kappa shape index (κ3) is 2.42. The number of carbonyl (C=O) groups is 1. The van der Waals surface area contributed by atoms with Gasteiger partial charge in [-0.3, -0.25) is 0 Å². The number of benzene rings is 1. The van der Waals surface area contributed by atoms with Crippen molar-refractivity contribution in [2.24, 2.45) is 0 Å². The molecule has 0 saturated carbocycles. The summed E-state index contributed by atoms with van der Waals surface area (Å²) in [5.74, 6) is -8.36. The molecule has 0 aromatic heterocycles. The summed E-state index contributed by atoms with van der Waals surface area (Å²) < 4.78 is 64.7. The van der Waals surface area contributed by atoms with Crippen molar-refractivity contribution in [3.63, 3.8) is 0 Å². The lowest BCUT2D eigenvalue weighted by atomic mass is 10.3. The summed E-state index contributed by atoms with van der Waals surface area (Å²) in [7, 11) is 0. The molecule has 0 aliphatic carbocycles. The monoisotopic (exact) mass is 226 g/mol. The highest BCUT2D eigenvalue weighted by Crippen LogP contribution is 2.22. The number of rotatable bonds is 2. The van der Waals surface area contributed by atoms with Crippen LogP contribution in [-0.4, -0.2) is 12.4 Å². The highest BCUT2D eigenvalue weighted by molar-refractivity contribution is 5.75. The molecule has 1 rings (SSSR count). The minimum atomic E-state index is -3.47. The van der Waals surface area contributed by atoms with Crippen molar-refractivity contribution in [3.05, 3.63) is 29.6 Å². The number of halogens is 5.